The van der Waals surface area contributed by atoms with Crippen LogP contribution in [0.25, 0.3) is 12.2 Å². The maximum absolute atomic E-state index is 13.7. The van der Waals surface area contributed by atoms with Crippen molar-refractivity contribution in [1.29, 1.82) is 0 Å². The first kappa shape index (κ1) is 27.3. The Balaban J connectivity index is 1.19. The van der Waals surface area contributed by atoms with Crippen molar-refractivity contribution >= 4 is 22.0 Å². The number of aromatic nitrogens is 3. The third kappa shape index (κ3) is 8.37. The Morgan fingerprint density at radius 3 is 2.63 bits per heavy atom. The first-order valence-electron chi connectivity index (χ1n) is 12.2. The van der Waals surface area contributed by atoms with Gasteiger partial charge in [-0.3, -0.25) is 0 Å². The molecule has 0 aliphatic carbocycles. The van der Waals surface area contributed by atoms with Gasteiger partial charge in [-0.15, -0.1) is 0 Å². The molecule has 0 bridgehead atoms. The topological polar surface area (TPSA) is 87.2 Å². The SMILES string of the molecule is CS(=O)(=O)CCc1nccn1CCCCc1ccc(OCc2coc(/C=C/c3ccc(F)cc3F)n2)cc1. The maximum Gasteiger partial charge on any atom is 0.218 e. The fourth-order valence-electron chi connectivity index (χ4n) is 3.83. The van der Waals surface area contributed by atoms with Gasteiger partial charge in [-0.1, -0.05) is 12.1 Å². The third-order valence-electron chi connectivity index (χ3n) is 5.86. The van der Waals surface area contributed by atoms with Crippen LogP contribution in [0.4, 0.5) is 8.78 Å². The molecule has 10 heteroatoms. The van der Waals surface area contributed by atoms with Gasteiger partial charge >= 0.3 is 0 Å². The van der Waals surface area contributed by atoms with E-state index in [0.29, 0.717) is 23.8 Å². The molecular weight excluding hydrogens is 512 g/mol. The lowest BCUT2D eigenvalue weighted by atomic mass is 10.1. The Hall–Kier alpha value is -3.79. The van der Waals surface area contributed by atoms with Gasteiger partial charge in [0, 0.05) is 49.3 Å². The summed E-state index contributed by atoms with van der Waals surface area (Å²) in [6.45, 7) is 1.02. The maximum atomic E-state index is 13.7. The zero-order chi connectivity index (χ0) is 27.0. The number of rotatable bonds is 13. The Morgan fingerprint density at radius 2 is 1.87 bits per heavy atom. The van der Waals surface area contributed by atoms with Gasteiger partial charge in [0.15, 0.2) is 0 Å². The number of halogens is 2. The highest BCUT2D eigenvalue weighted by atomic mass is 32.2. The summed E-state index contributed by atoms with van der Waals surface area (Å²) in [6, 6.07) is 11.2. The molecular formula is C28H29F2N3O4S. The van der Waals surface area contributed by atoms with Crippen LogP contribution in [0.2, 0.25) is 0 Å². The zero-order valence-corrected chi connectivity index (χ0v) is 21.8. The van der Waals surface area contributed by atoms with Crippen LogP contribution in [0.5, 0.6) is 5.75 Å². The molecule has 0 aliphatic heterocycles. The van der Waals surface area contributed by atoms with Crippen LogP contribution in [0.1, 0.15) is 41.4 Å². The Kier molecular flexibility index (Phi) is 9.06. The molecule has 0 N–H and O–H groups in total. The fraction of sp³-hybridized carbons (Fsp3) is 0.286. The number of sulfone groups is 1. The average molecular weight is 542 g/mol. The Morgan fingerprint density at radius 1 is 1.05 bits per heavy atom. The number of imidazole rings is 1. The zero-order valence-electron chi connectivity index (χ0n) is 21.0. The van der Waals surface area contributed by atoms with Crippen LogP contribution < -0.4 is 4.74 Å². The number of ether oxygens (including phenoxy) is 1. The van der Waals surface area contributed by atoms with Crippen LogP contribution in [-0.4, -0.2) is 35.0 Å². The van der Waals surface area contributed by atoms with Gasteiger partial charge in [-0.05, 0) is 55.2 Å². The molecule has 200 valence electrons. The summed E-state index contributed by atoms with van der Waals surface area (Å²) in [6.07, 6.45) is 12.6. The van der Waals surface area contributed by atoms with Crippen molar-refractivity contribution in [2.45, 2.75) is 38.8 Å². The monoisotopic (exact) mass is 541 g/mol. The van der Waals surface area contributed by atoms with Gasteiger partial charge in [-0.2, -0.15) is 0 Å². The van der Waals surface area contributed by atoms with Crippen LogP contribution in [-0.2, 0) is 35.8 Å². The Bertz CT molecular complexity index is 1480. The highest BCUT2D eigenvalue weighted by molar-refractivity contribution is 7.90. The summed E-state index contributed by atoms with van der Waals surface area (Å²) in [7, 11) is -3.01. The minimum absolute atomic E-state index is 0.103. The van der Waals surface area contributed by atoms with Crippen molar-refractivity contribution < 1.29 is 26.4 Å². The normalized spacial score (nSPS) is 11.9. The Labute approximate surface area is 220 Å². The summed E-state index contributed by atoms with van der Waals surface area (Å²) < 4.78 is 62.7. The molecule has 0 atom stereocenters. The second-order valence-corrected chi connectivity index (χ2v) is 11.2. The lowest BCUT2D eigenvalue weighted by Gasteiger charge is -2.08. The van der Waals surface area contributed by atoms with E-state index in [1.165, 1.54) is 42.4 Å². The van der Waals surface area contributed by atoms with Crippen molar-refractivity contribution in [3.8, 4) is 5.75 Å². The van der Waals surface area contributed by atoms with E-state index in [4.69, 9.17) is 9.15 Å². The molecule has 38 heavy (non-hydrogen) atoms. The second kappa shape index (κ2) is 12.6. The minimum Gasteiger partial charge on any atom is -0.487 e. The summed E-state index contributed by atoms with van der Waals surface area (Å²) in [5.41, 5.74) is 2.02. The molecule has 2 aromatic heterocycles. The molecule has 0 saturated carbocycles. The summed E-state index contributed by atoms with van der Waals surface area (Å²) in [5, 5.41) is 0. The van der Waals surface area contributed by atoms with E-state index in [2.05, 4.69) is 9.97 Å². The second-order valence-electron chi connectivity index (χ2n) is 8.98. The molecule has 4 rings (SSSR count). The largest absolute Gasteiger partial charge is 0.487 e. The highest BCUT2D eigenvalue weighted by Crippen LogP contribution is 2.17. The average Bonchev–Trinajstić information content (AvgIpc) is 3.53. The van der Waals surface area contributed by atoms with Gasteiger partial charge in [-0.25, -0.2) is 27.2 Å². The number of benzene rings is 2. The number of hydrogen-bond donors (Lipinski definition) is 0. The predicted molar refractivity (Wildman–Crippen MR) is 141 cm³/mol. The smallest absolute Gasteiger partial charge is 0.218 e. The predicted octanol–water partition coefficient (Wildman–Crippen LogP) is 5.51. The van der Waals surface area contributed by atoms with Crippen LogP contribution in [0.15, 0.2) is 65.5 Å². The van der Waals surface area contributed by atoms with E-state index in [1.807, 2.05) is 35.0 Å². The molecule has 0 fully saturated rings. The van der Waals surface area contributed by atoms with Gasteiger partial charge in [0.2, 0.25) is 5.89 Å². The molecule has 0 saturated heterocycles. The minimum atomic E-state index is -3.01. The first-order chi connectivity index (χ1) is 18.2. The van der Waals surface area contributed by atoms with Gasteiger partial charge < -0.3 is 13.7 Å². The highest BCUT2D eigenvalue weighted by Gasteiger charge is 2.08. The summed E-state index contributed by atoms with van der Waals surface area (Å²) in [5.74, 6) is 0.610. The van der Waals surface area contributed by atoms with Gasteiger partial charge in [0.1, 0.15) is 51.6 Å². The van der Waals surface area contributed by atoms with Crippen molar-refractivity contribution in [1.82, 2.24) is 14.5 Å². The molecule has 0 amide bonds. The lowest BCUT2D eigenvalue weighted by molar-refractivity contribution is 0.301. The summed E-state index contributed by atoms with van der Waals surface area (Å²) in [4.78, 5) is 8.57. The molecule has 2 heterocycles. The van der Waals surface area contributed by atoms with Crippen molar-refractivity contribution in [2.24, 2.45) is 0 Å². The van der Waals surface area contributed by atoms with Crippen LogP contribution >= 0.6 is 0 Å². The van der Waals surface area contributed by atoms with E-state index in [0.717, 1.165) is 37.7 Å². The van der Waals surface area contributed by atoms with E-state index in [1.54, 1.807) is 6.20 Å². The standard InChI is InChI=1S/C28H29F2N3O4S/c1-38(34,35)17-13-27-31-14-16-33(27)15-3-2-4-21-5-10-25(11-6-21)36-19-24-20-37-28(32-24)12-8-22-7-9-23(29)18-26(22)30/h5-12,14,16,18,20H,2-4,13,15,17,19H2,1H3/b12-8+. The van der Waals surface area contributed by atoms with Crippen molar-refractivity contribution in [3.05, 3.63) is 101 Å². The van der Waals surface area contributed by atoms with Crippen LogP contribution in [0, 0.1) is 11.6 Å². The lowest BCUT2D eigenvalue weighted by Crippen LogP contribution is -2.11. The number of hydrogen-bond acceptors (Lipinski definition) is 6. The van der Waals surface area contributed by atoms with E-state index in [-0.39, 0.29) is 17.9 Å². The van der Waals surface area contributed by atoms with Crippen molar-refractivity contribution in [3.63, 3.8) is 0 Å². The number of oxazole rings is 1. The molecule has 7 nitrogen and oxygen atoms in total. The number of nitrogens with zero attached hydrogens (tertiary/aromatic N) is 3. The number of unbranched alkanes of at least 4 members (excludes halogenated alkanes) is 1. The van der Waals surface area contributed by atoms with E-state index in [9.17, 15) is 17.2 Å². The summed E-state index contributed by atoms with van der Waals surface area (Å²) >= 11 is 0. The first-order valence-corrected chi connectivity index (χ1v) is 14.3. The third-order valence-corrected chi connectivity index (χ3v) is 6.81. The van der Waals surface area contributed by atoms with E-state index >= 15 is 0 Å². The van der Waals surface area contributed by atoms with Gasteiger partial charge in [0.25, 0.3) is 0 Å². The van der Waals surface area contributed by atoms with Gasteiger partial charge in [0.05, 0.1) is 5.75 Å². The molecule has 0 spiro atoms. The molecule has 0 radical (unpaired) electrons. The number of aryl methyl sites for hydroxylation is 3. The van der Waals surface area contributed by atoms with Crippen LogP contribution in [0.3, 0.4) is 0 Å². The molecule has 0 unspecified atom stereocenters. The molecule has 4 aromatic rings. The molecule has 0 aliphatic rings. The molecule has 2 aromatic carbocycles. The quantitative estimate of drug-likeness (QED) is 0.208. The van der Waals surface area contributed by atoms with Crippen molar-refractivity contribution in [2.75, 3.05) is 12.0 Å². The fourth-order valence-corrected chi connectivity index (χ4v) is 4.39. The van der Waals surface area contributed by atoms with E-state index < -0.39 is 21.5 Å².